The lowest BCUT2D eigenvalue weighted by atomic mass is 9.98. The molecule has 41 heavy (non-hydrogen) atoms. The van der Waals surface area contributed by atoms with Crippen molar-refractivity contribution in [3.8, 4) is 11.1 Å². The van der Waals surface area contributed by atoms with E-state index in [0.717, 1.165) is 47.7 Å². The maximum absolute atomic E-state index is 13.9. The summed E-state index contributed by atoms with van der Waals surface area (Å²) in [6, 6.07) is 4.24. The molecule has 2 fully saturated rings. The van der Waals surface area contributed by atoms with Crippen molar-refractivity contribution in [1.82, 2.24) is 29.6 Å². The van der Waals surface area contributed by atoms with Crippen LogP contribution in [0.1, 0.15) is 67.2 Å². The molecular weight excluding hydrogens is 542 g/mol. The smallest absolute Gasteiger partial charge is 0.407 e. The van der Waals surface area contributed by atoms with Crippen LogP contribution in [0.4, 0.5) is 10.7 Å². The molecule has 2 aliphatic rings. The molecule has 1 aromatic carbocycles. The number of alkyl carbamates (subject to hydrolysis) is 1. The van der Waals surface area contributed by atoms with Gasteiger partial charge in [0.05, 0.1) is 21.5 Å². The highest BCUT2D eigenvalue weighted by Crippen LogP contribution is 2.40. The maximum Gasteiger partial charge on any atom is 0.407 e. The fourth-order valence-electron chi connectivity index (χ4n) is 6.30. The Morgan fingerprint density at radius 1 is 1.10 bits per heavy atom. The van der Waals surface area contributed by atoms with Crippen molar-refractivity contribution in [2.75, 3.05) is 4.90 Å². The van der Waals surface area contributed by atoms with Gasteiger partial charge in [0, 0.05) is 54.1 Å². The molecule has 10 nitrogen and oxygen atoms in total. The number of halogens is 1. The first-order valence-electron chi connectivity index (χ1n) is 14.3. The summed E-state index contributed by atoms with van der Waals surface area (Å²) in [5.74, 6) is 0.645. The first kappa shape index (κ1) is 27.6. The normalized spacial score (nSPS) is 21.2. The highest BCUT2D eigenvalue weighted by Gasteiger charge is 2.43. The Hall–Kier alpha value is -3.53. The van der Waals surface area contributed by atoms with Crippen molar-refractivity contribution in [2.24, 2.45) is 7.05 Å². The molecule has 218 valence electrons. The lowest BCUT2D eigenvalue weighted by molar-refractivity contribution is 0.0492. The largest absolute Gasteiger partial charge is 0.444 e. The average Bonchev–Trinajstić information content (AvgIpc) is 3.55. The molecule has 2 bridgehead atoms. The Kier molecular flexibility index (Phi) is 6.41. The molecule has 3 atom stereocenters. The Balaban J connectivity index is 1.32. The Morgan fingerprint density at radius 2 is 1.78 bits per heavy atom. The average molecular weight is 580 g/mol. The number of hydrogen-bond acceptors (Lipinski definition) is 6. The van der Waals surface area contributed by atoms with Crippen molar-refractivity contribution in [3.05, 3.63) is 39.9 Å². The molecule has 5 heterocycles. The van der Waals surface area contributed by atoms with E-state index in [2.05, 4.69) is 36.0 Å². The number of aromatic nitrogens is 5. The molecule has 0 radical (unpaired) electrons. The van der Waals surface area contributed by atoms with Crippen molar-refractivity contribution < 1.29 is 9.53 Å². The SMILES string of the molecule is Cn1c(N2[C@@H]3CC[C@H]2C[C@@H](NC(=O)OC(C)(C)C)C3)nc2[nH]cc(-c3ccc4nn(C(C)(C)C)cc4c3Cl)c2c1=O. The number of piperidine rings is 1. The highest BCUT2D eigenvalue weighted by molar-refractivity contribution is 6.38. The van der Waals surface area contributed by atoms with Crippen LogP contribution in [0.5, 0.6) is 0 Å². The number of hydrogen-bond donors (Lipinski definition) is 2. The number of nitrogens with one attached hydrogen (secondary N) is 2. The van der Waals surface area contributed by atoms with Crippen LogP contribution in [0.2, 0.25) is 5.02 Å². The number of nitrogens with zero attached hydrogens (tertiary/aromatic N) is 5. The van der Waals surface area contributed by atoms with Crippen molar-refractivity contribution in [3.63, 3.8) is 0 Å². The summed E-state index contributed by atoms with van der Waals surface area (Å²) in [5, 5.41) is 9.65. The Bertz CT molecular complexity index is 1710. The zero-order valence-corrected chi connectivity index (χ0v) is 25.5. The second kappa shape index (κ2) is 9.51. The van der Waals surface area contributed by atoms with Crippen LogP contribution in [0.15, 0.2) is 29.3 Å². The molecule has 0 saturated carbocycles. The molecule has 4 aromatic rings. The molecule has 6 rings (SSSR count). The summed E-state index contributed by atoms with van der Waals surface area (Å²) < 4.78 is 9.04. The van der Waals surface area contributed by atoms with Crippen LogP contribution >= 0.6 is 11.6 Å². The summed E-state index contributed by atoms with van der Waals surface area (Å²) in [6.45, 7) is 11.9. The summed E-state index contributed by atoms with van der Waals surface area (Å²) in [6.07, 6.45) is 6.91. The second-order valence-electron chi connectivity index (χ2n) is 13.4. The van der Waals surface area contributed by atoms with Gasteiger partial charge in [0.25, 0.3) is 5.56 Å². The minimum atomic E-state index is -0.541. The van der Waals surface area contributed by atoms with Gasteiger partial charge in [0.15, 0.2) is 0 Å². The van der Waals surface area contributed by atoms with Gasteiger partial charge in [-0.2, -0.15) is 10.1 Å². The lowest BCUT2D eigenvalue weighted by Gasteiger charge is -2.40. The number of fused-ring (bicyclic) bond motifs is 4. The fraction of sp³-hybridized carbons (Fsp3) is 0.533. The zero-order valence-electron chi connectivity index (χ0n) is 24.7. The quantitative estimate of drug-likeness (QED) is 0.322. The summed E-state index contributed by atoms with van der Waals surface area (Å²) >= 11 is 6.93. The number of carbonyl (C=O) groups is 1. The first-order valence-corrected chi connectivity index (χ1v) is 14.6. The molecule has 0 aliphatic carbocycles. The van der Waals surface area contributed by atoms with Crippen molar-refractivity contribution in [1.29, 1.82) is 0 Å². The van der Waals surface area contributed by atoms with Gasteiger partial charge in [-0.15, -0.1) is 0 Å². The van der Waals surface area contributed by atoms with Crippen LogP contribution in [0, 0.1) is 0 Å². The number of benzene rings is 1. The molecule has 2 N–H and O–H groups in total. The van der Waals surface area contributed by atoms with Gasteiger partial charge in [0.1, 0.15) is 11.2 Å². The third kappa shape index (κ3) is 4.86. The van der Waals surface area contributed by atoms with E-state index in [-0.39, 0.29) is 35.3 Å². The Labute approximate surface area is 244 Å². The zero-order chi connectivity index (χ0) is 29.4. The van der Waals surface area contributed by atoms with Crippen LogP contribution in [-0.2, 0) is 17.3 Å². The van der Waals surface area contributed by atoms with E-state index in [0.29, 0.717) is 22.0 Å². The molecule has 0 spiro atoms. The number of amides is 1. The van der Waals surface area contributed by atoms with Crippen LogP contribution in [0.3, 0.4) is 0 Å². The van der Waals surface area contributed by atoms with Gasteiger partial charge in [0.2, 0.25) is 5.95 Å². The maximum atomic E-state index is 13.9. The van der Waals surface area contributed by atoms with E-state index in [1.165, 1.54) is 0 Å². The molecule has 2 saturated heterocycles. The molecule has 1 amide bonds. The van der Waals surface area contributed by atoms with Crippen LogP contribution in [-0.4, -0.2) is 54.1 Å². The standard InChI is InChI=1S/C30H38ClN7O3/c1-29(2,3)37-15-21-22(35-37)11-10-19(24(21)31)20-14-32-25-23(20)26(39)36(7)27(34-25)38-17-8-9-18(38)13-16(12-17)33-28(40)41-30(4,5)6/h10-11,14-18,32H,8-9,12-13H2,1-7H3,(H,33,40)/t16-,17+,18-. The van der Waals surface area contributed by atoms with Crippen molar-refractivity contribution >= 4 is 45.6 Å². The third-order valence-electron chi connectivity index (χ3n) is 8.18. The predicted molar refractivity (Wildman–Crippen MR) is 162 cm³/mol. The molecule has 2 aliphatic heterocycles. The third-order valence-corrected chi connectivity index (χ3v) is 8.58. The molecule has 11 heteroatoms. The predicted octanol–water partition coefficient (Wildman–Crippen LogP) is 5.71. The van der Waals surface area contributed by atoms with Crippen LogP contribution < -0.4 is 15.8 Å². The number of aromatic amines is 1. The second-order valence-corrected chi connectivity index (χ2v) is 13.8. The van der Waals surface area contributed by atoms with Gasteiger partial charge in [-0.3, -0.25) is 14.0 Å². The van der Waals surface area contributed by atoms with E-state index in [9.17, 15) is 9.59 Å². The highest BCUT2D eigenvalue weighted by atomic mass is 35.5. The summed E-state index contributed by atoms with van der Waals surface area (Å²) in [4.78, 5) is 36.8. The monoisotopic (exact) mass is 579 g/mol. The molecular formula is C30H38ClN7O3. The Morgan fingerprint density at radius 3 is 2.41 bits per heavy atom. The first-order chi connectivity index (χ1) is 19.2. The van der Waals surface area contributed by atoms with Gasteiger partial charge >= 0.3 is 6.09 Å². The van der Waals surface area contributed by atoms with Gasteiger partial charge < -0.3 is 19.9 Å². The molecule has 0 unspecified atom stereocenters. The number of ether oxygens (including phenoxy) is 1. The van der Waals surface area contributed by atoms with E-state index < -0.39 is 5.60 Å². The number of anilines is 1. The number of H-pyrrole nitrogens is 1. The van der Waals surface area contributed by atoms with Gasteiger partial charge in [-0.1, -0.05) is 17.7 Å². The van der Waals surface area contributed by atoms with E-state index in [1.807, 2.05) is 50.0 Å². The molecule has 3 aromatic heterocycles. The van der Waals surface area contributed by atoms with Gasteiger partial charge in [-0.05, 0) is 73.3 Å². The van der Waals surface area contributed by atoms with E-state index >= 15 is 0 Å². The summed E-state index contributed by atoms with van der Waals surface area (Å²) in [7, 11) is 1.78. The van der Waals surface area contributed by atoms with E-state index in [1.54, 1.807) is 11.6 Å². The summed E-state index contributed by atoms with van der Waals surface area (Å²) in [5.41, 5.74) is 1.98. The lowest BCUT2D eigenvalue weighted by Crippen LogP contribution is -2.52. The number of rotatable bonds is 3. The number of carbonyl (C=O) groups excluding carboxylic acids is 1. The minimum Gasteiger partial charge on any atom is -0.444 e. The van der Waals surface area contributed by atoms with Crippen LogP contribution in [0.25, 0.3) is 33.1 Å². The minimum absolute atomic E-state index is 0.0242. The fourth-order valence-corrected chi connectivity index (χ4v) is 6.61. The topological polar surface area (TPSA) is 110 Å². The van der Waals surface area contributed by atoms with Gasteiger partial charge in [-0.25, -0.2) is 4.79 Å². The van der Waals surface area contributed by atoms with Crippen molar-refractivity contribution in [2.45, 2.75) is 96.5 Å². The van der Waals surface area contributed by atoms with E-state index in [4.69, 9.17) is 26.4 Å².